The van der Waals surface area contributed by atoms with E-state index in [-0.39, 0.29) is 18.9 Å². The maximum absolute atomic E-state index is 13.3. The van der Waals surface area contributed by atoms with Gasteiger partial charge < -0.3 is 65.1 Å². The fourth-order valence-corrected chi connectivity index (χ4v) is 10.9. The van der Waals surface area contributed by atoms with Gasteiger partial charge in [-0.2, -0.15) is 0 Å². The van der Waals surface area contributed by atoms with Gasteiger partial charge in [0.15, 0.2) is 12.6 Å². The first-order valence-electron chi connectivity index (χ1n) is 34.3. The Hall–Kier alpha value is -2.83. The third-order valence-corrected chi connectivity index (χ3v) is 16.3. The zero-order valence-electron chi connectivity index (χ0n) is 53.3. The average Bonchev–Trinajstić information content (AvgIpc) is 3.69. The highest BCUT2D eigenvalue weighted by molar-refractivity contribution is 5.76. The van der Waals surface area contributed by atoms with E-state index in [0.717, 1.165) is 64.2 Å². The van der Waals surface area contributed by atoms with Crippen LogP contribution in [0.3, 0.4) is 0 Å². The molecule has 14 nitrogen and oxygen atoms in total. The van der Waals surface area contributed by atoms with Crippen LogP contribution in [0.2, 0.25) is 0 Å². The number of rotatable bonds is 55. The second kappa shape index (κ2) is 55.3. The molecule has 492 valence electrons. The second-order valence-corrected chi connectivity index (χ2v) is 23.9. The average molecular weight is 1200 g/mol. The Morgan fingerprint density at radius 1 is 0.435 bits per heavy atom. The van der Waals surface area contributed by atoms with Crippen molar-refractivity contribution in [1.29, 1.82) is 0 Å². The molecule has 12 atom stereocenters. The van der Waals surface area contributed by atoms with Crippen LogP contribution in [0.5, 0.6) is 0 Å². The molecule has 0 aromatic rings. The Labute approximate surface area is 516 Å². The van der Waals surface area contributed by atoms with Crippen molar-refractivity contribution < 1.29 is 64.6 Å². The highest BCUT2D eigenvalue weighted by Gasteiger charge is 2.51. The third kappa shape index (κ3) is 39.7. The summed E-state index contributed by atoms with van der Waals surface area (Å²) >= 11 is 0. The van der Waals surface area contributed by atoms with Crippen LogP contribution in [-0.2, 0) is 23.7 Å². The quantitative estimate of drug-likeness (QED) is 0.0204. The summed E-state index contributed by atoms with van der Waals surface area (Å²) in [5.41, 5.74) is 0. The molecule has 9 N–H and O–H groups in total. The number of unbranched alkanes of at least 4 members (excludes halogenated alkanes) is 30. The Morgan fingerprint density at radius 3 is 1.29 bits per heavy atom. The monoisotopic (exact) mass is 1200 g/mol. The first-order valence-corrected chi connectivity index (χ1v) is 34.3. The lowest BCUT2D eigenvalue weighted by Crippen LogP contribution is -2.65. The molecule has 0 saturated carbocycles. The number of carbonyl (C=O) groups excluding carboxylic acids is 1. The summed E-state index contributed by atoms with van der Waals surface area (Å²) in [4.78, 5) is 13.3. The number of aliphatic hydroxyl groups excluding tert-OH is 8. The fourth-order valence-electron chi connectivity index (χ4n) is 10.9. The molecule has 2 heterocycles. The van der Waals surface area contributed by atoms with Gasteiger partial charge in [0.25, 0.3) is 0 Å². The van der Waals surface area contributed by atoms with Crippen molar-refractivity contribution >= 4 is 5.91 Å². The number of amides is 1. The molecule has 2 aliphatic rings. The molecule has 2 aliphatic heterocycles. The molecule has 0 aliphatic carbocycles. The van der Waals surface area contributed by atoms with Gasteiger partial charge in [0, 0.05) is 6.42 Å². The Morgan fingerprint density at radius 2 is 0.824 bits per heavy atom. The fraction of sp³-hybridized carbons (Fsp3) is 0.789. The minimum absolute atomic E-state index is 0.230. The highest BCUT2D eigenvalue weighted by Crippen LogP contribution is 2.30. The largest absolute Gasteiger partial charge is 0.394 e. The first-order chi connectivity index (χ1) is 41.6. The van der Waals surface area contributed by atoms with Crippen LogP contribution in [0.25, 0.3) is 0 Å². The lowest BCUT2D eigenvalue weighted by Gasteiger charge is -2.46. The van der Waals surface area contributed by atoms with E-state index in [1.807, 2.05) is 6.08 Å². The number of hydrogen-bond donors (Lipinski definition) is 9. The minimum Gasteiger partial charge on any atom is -0.394 e. The van der Waals surface area contributed by atoms with Crippen molar-refractivity contribution in [2.75, 3.05) is 19.8 Å². The number of aliphatic hydroxyl groups is 8. The number of nitrogens with one attached hydrogen (secondary N) is 1. The van der Waals surface area contributed by atoms with Gasteiger partial charge in [-0.15, -0.1) is 0 Å². The van der Waals surface area contributed by atoms with E-state index in [0.29, 0.717) is 12.8 Å². The van der Waals surface area contributed by atoms with Crippen LogP contribution in [0.1, 0.15) is 264 Å². The van der Waals surface area contributed by atoms with Crippen molar-refractivity contribution in [2.45, 2.75) is 338 Å². The van der Waals surface area contributed by atoms with E-state index in [1.54, 1.807) is 6.08 Å². The molecule has 14 heteroatoms. The Kier molecular flexibility index (Phi) is 50.9. The van der Waals surface area contributed by atoms with Crippen LogP contribution < -0.4 is 5.32 Å². The summed E-state index contributed by atoms with van der Waals surface area (Å²) in [6.07, 6.45) is 59.4. The van der Waals surface area contributed by atoms with Crippen molar-refractivity contribution in [2.24, 2.45) is 0 Å². The van der Waals surface area contributed by atoms with Gasteiger partial charge in [-0.1, -0.05) is 266 Å². The van der Waals surface area contributed by atoms with E-state index in [2.05, 4.69) is 92.1 Å². The van der Waals surface area contributed by atoms with Crippen LogP contribution in [0, 0.1) is 0 Å². The second-order valence-electron chi connectivity index (χ2n) is 23.9. The maximum atomic E-state index is 13.3. The number of carbonyl (C=O) groups is 1. The maximum Gasteiger partial charge on any atom is 0.220 e. The number of hydrogen-bond acceptors (Lipinski definition) is 13. The van der Waals surface area contributed by atoms with Gasteiger partial charge in [-0.05, 0) is 77.0 Å². The summed E-state index contributed by atoms with van der Waals surface area (Å²) in [6, 6.07) is -0.956. The Bertz CT molecular complexity index is 1750. The molecular formula is C71H125NO13. The van der Waals surface area contributed by atoms with Crippen molar-refractivity contribution in [3.63, 3.8) is 0 Å². The normalized spacial score (nSPS) is 24.1. The SMILES string of the molecule is CC/C=C\C/C=C\C/C=C\C/C=C\C/C=C\CCCCCC(=O)NC(COC1OC(CO)C(OC2OC(CO)C(O)C(O)C2O)C(O)C1O)C(O)/C=C/CC/C=C/CCCCCCCCCCCCCCCCCCCCCCCCCCCC. The van der Waals surface area contributed by atoms with E-state index < -0.39 is 86.8 Å². The minimum atomic E-state index is -1.80. The van der Waals surface area contributed by atoms with E-state index in [1.165, 1.54) is 167 Å². The van der Waals surface area contributed by atoms with Gasteiger partial charge in [-0.3, -0.25) is 4.79 Å². The molecule has 0 aromatic heterocycles. The molecule has 12 unspecified atom stereocenters. The Balaban J connectivity index is 1.70. The summed E-state index contributed by atoms with van der Waals surface area (Å²) in [5, 5.41) is 87.3. The van der Waals surface area contributed by atoms with Crippen LogP contribution >= 0.6 is 0 Å². The molecule has 2 saturated heterocycles. The molecule has 85 heavy (non-hydrogen) atoms. The first kappa shape index (κ1) is 78.3. The predicted octanol–water partition coefficient (Wildman–Crippen LogP) is 13.6. The smallest absolute Gasteiger partial charge is 0.220 e. The summed E-state index contributed by atoms with van der Waals surface area (Å²) in [6.45, 7) is 2.66. The molecule has 1 amide bonds. The molecule has 0 spiro atoms. The van der Waals surface area contributed by atoms with Crippen LogP contribution in [-0.4, -0.2) is 140 Å². The van der Waals surface area contributed by atoms with Gasteiger partial charge in [0.05, 0.1) is 32.0 Å². The summed E-state index contributed by atoms with van der Waals surface area (Å²) in [5.74, 6) is -0.281. The van der Waals surface area contributed by atoms with Crippen LogP contribution in [0.4, 0.5) is 0 Å². The third-order valence-electron chi connectivity index (χ3n) is 16.3. The molecular weight excluding hydrogens is 1070 g/mol. The van der Waals surface area contributed by atoms with Crippen LogP contribution in [0.15, 0.2) is 85.1 Å². The topological polar surface area (TPSA) is 228 Å². The van der Waals surface area contributed by atoms with Gasteiger partial charge in [-0.25, -0.2) is 0 Å². The van der Waals surface area contributed by atoms with Gasteiger partial charge in [0.1, 0.15) is 48.8 Å². The zero-order valence-corrected chi connectivity index (χ0v) is 53.3. The van der Waals surface area contributed by atoms with Crippen molar-refractivity contribution in [3.8, 4) is 0 Å². The summed E-state index contributed by atoms with van der Waals surface area (Å²) in [7, 11) is 0. The van der Waals surface area contributed by atoms with Gasteiger partial charge in [0.2, 0.25) is 5.91 Å². The lowest BCUT2D eigenvalue weighted by atomic mass is 9.97. The molecule has 0 bridgehead atoms. The highest BCUT2D eigenvalue weighted by atomic mass is 16.7. The number of ether oxygens (including phenoxy) is 4. The zero-order chi connectivity index (χ0) is 61.6. The van der Waals surface area contributed by atoms with E-state index in [4.69, 9.17) is 18.9 Å². The molecule has 0 aromatic carbocycles. The van der Waals surface area contributed by atoms with Gasteiger partial charge >= 0.3 is 0 Å². The predicted molar refractivity (Wildman–Crippen MR) is 346 cm³/mol. The van der Waals surface area contributed by atoms with E-state index in [9.17, 15) is 45.6 Å². The standard InChI is InChI=1S/C71H125NO13/c1-3-5-7-9-11-13-15-17-19-21-23-24-25-26-27-28-29-30-31-32-33-34-35-37-38-40-42-44-46-48-50-52-54-60(75)59(72-63(76)55-53-51-49-47-45-43-41-39-36-22-20-18-16-14-12-10-8-6-4-2)58-82-70-68(81)66(79)69(62(57-74)84-70)85-71-67(80)65(78)64(77)61(56-73)83-71/h6,8,12,14,18,20,36,39,43-46,52,54,59-62,64-71,73-75,77-81H,3-5,7,9-11,13,15-17,19,21-35,37-38,40-42,47-51,53,55-58H2,1-2H3,(H,72,76)/b8-6-,14-12-,20-18-,39-36-,45-43-,46-44+,54-52+. The molecule has 0 radical (unpaired) electrons. The van der Waals surface area contributed by atoms with Crippen molar-refractivity contribution in [3.05, 3.63) is 85.1 Å². The lowest BCUT2D eigenvalue weighted by molar-refractivity contribution is -0.359. The molecule has 2 rings (SSSR count). The summed E-state index contributed by atoms with van der Waals surface area (Å²) < 4.78 is 22.8. The van der Waals surface area contributed by atoms with Crippen molar-refractivity contribution in [1.82, 2.24) is 5.32 Å². The number of allylic oxidation sites excluding steroid dienone is 13. The van der Waals surface area contributed by atoms with E-state index >= 15 is 0 Å². The molecule has 2 fully saturated rings.